The number of nitrogens with one attached hydrogen (secondary N) is 1. The molecule has 2 rings (SSSR count). The minimum atomic E-state index is -1.50. The number of carboxylic acids is 1. The maximum Gasteiger partial charge on any atom is 0.331 e. The minimum Gasteiger partial charge on any atom is -0.497 e. The number of aliphatic carboxylic acids is 1. The molecule has 2 N–H and O–H groups in total. The number of carboxylic acid groups (broad SMARTS) is 1. The Hall–Kier alpha value is -2.15. The van der Waals surface area contributed by atoms with E-state index in [9.17, 15) is 19.1 Å². The van der Waals surface area contributed by atoms with Crippen LogP contribution in [0.2, 0.25) is 0 Å². The highest BCUT2D eigenvalue weighted by Crippen LogP contribution is 2.21. The van der Waals surface area contributed by atoms with Gasteiger partial charge < -0.3 is 19.9 Å². The van der Waals surface area contributed by atoms with Gasteiger partial charge in [-0.05, 0) is 12.1 Å². The Morgan fingerprint density at radius 1 is 1.50 bits per heavy atom. The predicted octanol–water partition coefficient (Wildman–Crippen LogP) is 0.808. The van der Waals surface area contributed by atoms with E-state index in [2.05, 4.69) is 5.32 Å². The molecule has 1 aromatic rings. The van der Waals surface area contributed by atoms with E-state index in [1.807, 2.05) is 0 Å². The SMILES string of the molecule is COc1ccc(C(=O)NC2(C(=O)O)CCOC2)c(F)c1. The van der Waals surface area contributed by atoms with Gasteiger partial charge in [-0.2, -0.15) is 0 Å². The first-order valence-corrected chi connectivity index (χ1v) is 5.96. The summed E-state index contributed by atoms with van der Waals surface area (Å²) in [5.74, 6) is -2.49. The molecule has 0 spiro atoms. The molecule has 1 unspecified atom stereocenters. The van der Waals surface area contributed by atoms with Crippen molar-refractivity contribution < 1.29 is 28.6 Å². The van der Waals surface area contributed by atoms with Crippen LogP contribution in [-0.2, 0) is 9.53 Å². The van der Waals surface area contributed by atoms with E-state index < -0.39 is 23.2 Å². The molecule has 6 nitrogen and oxygen atoms in total. The van der Waals surface area contributed by atoms with Gasteiger partial charge in [0.2, 0.25) is 0 Å². The number of carbonyl (C=O) groups excluding carboxylic acids is 1. The average molecular weight is 283 g/mol. The molecule has 1 amide bonds. The fraction of sp³-hybridized carbons (Fsp3) is 0.385. The first-order valence-electron chi connectivity index (χ1n) is 5.96. The van der Waals surface area contributed by atoms with Gasteiger partial charge >= 0.3 is 5.97 Å². The van der Waals surface area contributed by atoms with Gasteiger partial charge in [0.1, 0.15) is 11.6 Å². The van der Waals surface area contributed by atoms with E-state index in [1.165, 1.54) is 19.2 Å². The van der Waals surface area contributed by atoms with Gasteiger partial charge in [-0.1, -0.05) is 0 Å². The third-order valence-electron chi connectivity index (χ3n) is 3.20. The van der Waals surface area contributed by atoms with E-state index in [0.717, 1.165) is 6.07 Å². The zero-order chi connectivity index (χ0) is 14.8. The lowest BCUT2D eigenvalue weighted by atomic mass is 9.98. The zero-order valence-electron chi connectivity index (χ0n) is 10.8. The lowest BCUT2D eigenvalue weighted by molar-refractivity contribution is -0.144. The standard InChI is InChI=1S/C13H14FNO5/c1-19-8-2-3-9(10(14)6-8)11(16)15-13(12(17)18)4-5-20-7-13/h2-3,6H,4-5,7H2,1H3,(H,15,16)(H,17,18). The van der Waals surface area contributed by atoms with Crippen LogP contribution < -0.4 is 10.1 Å². The monoisotopic (exact) mass is 283 g/mol. The van der Waals surface area contributed by atoms with Crippen LogP contribution in [0, 0.1) is 5.82 Å². The molecule has 0 aliphatic carbocycles. The molecule has 0 saturated carbocycles. The quantitative estimate of drug-likeness (QED) is 0.854. The Bertz CT molecular complexity index is 540. The van der Waals surface area contributed by atoms with Gasteiger partial charge in [-0.3, -0.25) is 4.79 Å². The number of carbonyl (C=O) groups is 2. The lowest BCUT2D eigenvalue weighted by Crippen LogP contribution is -2.55. The van der Waals surface area contributed by atoms with E-state index in [1.54, 1.807) is 0 Å². The van der Waals surface area contributed by atoms with Crippen LogP contribution in [0.5, 0.6) is 5.75 Å². The highest BCUT2D eigenvalue weighted by Gasteiger charge is 2.44. The van der Waals surface area contributed by atoms with Crippen molar-refractivity contribution in [2.75, 3.05) is 20.3 Å². The summed E-state index contributed by atoms with van der Waals surface area (Å²) in [6.07, 6.45) is 0.145. The topological polar surface area (TPSA) is 84.9 Å². The average Bonchev–Trinajstić information content (AvgIpc) is 2.88. The summed E-state index contributed by atoms with van der Waals surface area (Å²) < 4.78 is 23.6. The molecule has 0 radical (unpaired) electrons. The van der Waals surface area contributed by atoms with Crippen LogP contribution in [0.3, 0.4) is 0 Å². The zero-order valence-corrected chi connectivity index (χ0v) is 10.8. The van der Waals surface area contributed by atoms with Gasteiger partial charge in [0.15, 0.2) is 5.54 Å². The molecular weight excluding hydrogens is 269 g/mol. The smallest absolute Gasteiger partial charge is 0.331 e. The molecule has 7 heteroatoms. The van der Waals surface area contributed by atoms with Gasteiger partial charge in [0, 0.05) is 19.1 Å². The summed E-state index contributed by atoms with van der Waals surface area (Å²) in [6.45, 7) is 0.101. The molecular formula is C13H14FNO5. The molecule has 1 heterocycles. The van der Waals surface area contributed by atoms with E-state index in [4.69, 9.17) is 9.47 Å². The number of ether oxygens (including phenoxy) is 2. The van der Waals surface area contributed by atoms with Crippen molar-refractivity contribution in [3.05, 3.63) is 29.6 Å². The summed E-state index contributed by atoms with van der Waals surface area (Å²) >= 11 is 0. The predicted molar refractivity (Wildman–Crippen MR) is 66.2 cm³/mol. The Kier molecular flexibility index (Phi) is 3.89. The fourth-order valence-electron chi connectivity index (χ4n) is 1.98. The Labute approximate surface area is 114 Å². The highest BCUT2D eigenvalue weighted by molar-refractivity contribution is 5.98. The highest BCUT2D eigenvalue weighted by atomic mass is 19.1. The maximum absolute atomic E-state index is 13.8. The molecule has 1 saturated heterocycles. The largest absolute Gasteiger partial charge is 0.497 e. The number of benzene rings is 1. The van der Waals surface area contributed by atoms with Gasteiger partial charge in [-0.15, -0.1) is 0 Å². The normalized spacial score (nSPS) is 21.5. The second kappa shape index (κ2) is 5.46. The fourth-order valence-corrected chi connectivity index (χ4v) is 1.98. The Balaban J connectivity index is 2.21. The molecule has 108 valence electrons. The molecule has 20 heavy (non-hydrogen) atoms. The summed E-state index contributed by atoms with van der Waals surface area (Å²) in [4.78, 5) is 23.3. The minimum absolute atomic E-state index is 0.133. The first-order chi connectivity index (χ1) is 9.48. The van der Waals surface area contributed by atoms with Gasteiger partial charge in [0.05, 0.1) is 19.3 Å². The summed E-state index contributed by atoms with van der Waals surface area (Å²) in [7, 11) is 1.38. The van der Waals surface area contributed by atoms with Crippen molar-refractivity contribution in [2.45, 2.75) is 12.0 Å². The summed E-state index contributed by atoms with van der Waals surface area (Å²) in [5.41, 5.74) is -1.73. The van der Waals surface area contributed by atoms with Crippen molar-refractivity contribution in [1.82, 2.24) is 5.32 Å². The second-order valence-electron chi connectivity index (χ2n) is 4.49. The van der Waals surface area contributed by atoms with E-state index in [-0.39, 0.29) is 30.9 Å². The van der Waals surface area contributed by atoms with Crippen molar-refractivity contribution >= 4 is 11.9 Å². The van der Waals surface area contributed by atoms with E-state index >= 15 is 0 Å². The number of halogens is 1. The van der Waals surface area contributed by atoms with Crippen LogP contribution in [0.1, 0.15) is 16.8 Å². The summed E-state index contributed by atoms with van der Waals surface area (Å²) in [6, 6.07) is 3.74. The van der Waals surface area contributed by atoms with E-state index in [0.29, 0.717) is 0 Å². The molecule has 1 aromatic carbocycles. The van der Waals surface area contributed by atoms with Gasteiger partial charge in [0.25, 0.3) is 5.91 Å². The molecule has 1 fully saturated rings. The van der Waals surface area contributed by atoms with Gasteiger partial charge in [-0.25, -0.2) is 9.18 Å². The number of amides is 1. The van der Waals surface area contributed by atoms with Crippen LogP contribution in [0.15, 0.2) is 18.2 Å². The van der Waals surface area contributed by atoms with Crippen molar-refractivity contribution in [3.8, 4) is 5.75 Å². The molecule has 0 bridgehead atoms. The number of hydrogen-bond acceptors (Lipinski definition) is 4. The van der Waals surface area contributed by atoms with Crippen molar-refractivity contribution in [1.29, 1.82) is 0 Å². The van der Waals surface area contributed by atoms with Crippen LogP contribution in [0.25, 0.3) is 0 Å². The Morgan fingerprint density at radius 2 is 2.25 bits per heavy atom. The molecule has 0 aromatic heterocycles. The van der Waals surface area contributed by atoms with Crippen LogP contribution in [0.4, 0.5) is 4.39 Å². The first kappa shape index (κ1) is 14.3. The third kappa shape index (κ3) is 2.57. The molecule has 1 aliphatic rings. The molecule has 1 atom stereocenters. The van der Waals surface area contributed by atoms with Crippen molar-refractivity contribution in [2.24, 2.45) is 0 Å². The maximum atomic E-state index is 13.8. The molecule has 1 aliphatic heterocycles. The number of methoxy groups -OCH3 is 1. The number of hydrogen-bond donors (Lipinski definition) is 2. The number of rotatable bonds is 4. The van der Waals surface area contributed by atoms with Crippen LogP contribution >= 0.6 is 0 Å². The summed E-state index contributed by atoms with van der Waals surface area (Å²) in [5, 5.41) is 11.5. The van der Waals surface area contributed by atoms with Crippen LogP contribution in [-0.4, -0.2) is 42.8 Å². The Morgan fingerprint density at radius 3 is 2.75 bits per heavy atom. The third-order valence-corrected chi connectivity index (χ3v) is 3.20. The second-order valence-corrected chi connectivity index (χ2v) is 4.49. The van der Waals surface area contributed by atoms with Crippen molar-refractivity contribution in [3.63, 3.8) is 0 Å². The lowest BCUT2D eigenvalue weighted by Gasteiger charge is -2.23.